The first-order chi connectivity index (χ1) is 9.31. The van der Waals surface area contributed by atoms with E-state index < -0.39 is 28.0 Å². The molecule has 1 aromatic carbocycles. The number of amides is 2. The molecule has 1 unspecified atom stereocenters. The van der Waals surface area contributed by atoms with Crippen molar-refractivity contribution in [3.63, 3.8) is 0 Å². The topological polar surface area (TPSA) is 129 Å². The van der Waals surface area contributed by atoms with Crippen molar-refractivity contribution in [1.29, 1.82) is 0 Å². The molecule has 0 aliphatic heterocycles. The Morgan fingerprint density at radius 2 is 1.95 bits per heavy atom. The number of nitrogens with two attached hydrogens (primary N) is 2. The quantitative estimate of drug-likeness (QED) is 0.603. The Morgan fingerprint density at radius 3 is 2.35 bits per heavy atom. The largest absolute Gasteiger partial charge is 0.366 e. The number of thioether (sulfide) groups is 1. The molecule has 8 heteroatoms. The number of primary amides is 2. The van der Waals surface area contributed by atoms with E-state index in [9.17, 15) is 19.7 Å². The summed E-state index contributed by atoms with van der Waals surface area (Å²) in [5.74, 6) is -1.49. The molecule has 20 heavy (non-hydrogen) atoms. The summed E-state index contributed by atoms with van der Waals surface area (Å²) < 4.78 is 0. The van der Waals surface area contributed by atoms with Crippen LogP contribution in [0, 0.1) is 10.1 Å². The third-order valence-electron chi connectivity index (χ3n) is 2.85. The number of hydrogen-bond donors (Lipinski definition) is 2. The summed E-state index contributed by atoms with van der Waals surface area (Å²) in [6, 6.07) is 2.76. The molecular weight excluding hydrogens is 282 g/mol. The van der Waals surface area contributed by atoms with Crippen LogP contribution in [0.2, 0.25) is 0 Å². The van der Waals surface area contributed by atoms with Gasteiger partial charge in [0.05, 0.1) is 10.5 Å². The van der Waals surface area contributed by atoms with Crippen molar-refractivity contribution in [2.45, 2.75) is 12.8 Å². The number of rotatable bonds is 6. The zero-order valence-electron chi connectivity index (χ0n) is 11.1. The molecule has 1 atom stereocenters. The number of hydrogen-bond acceptors (Lipinski definition) is 5. The van der Waals surface area contributed by atoms with Crippen LogP contribution in [0.4, 0.5) is 5.69 Å². The molecule has 4 N–H and O–H groups in total. The average Bonchev–Trinajstić information content (AvgIpc) is 2.36. The van der Waals surface area contributed by atoms with Crippen molar-refractivity contribution in [3.8, 4) is 0 Å². The lowest BCUT2D eigenvalue weighted by Gasteiger charge is -2.14. The van der Waals surface area contributed by atoms with E-state index in [0.717, 1.165) is 0 Å². The van der Waals surface area contributed by atoms with Crippen molar-refractivity contribution in [2.24, 2.45) is 11.5 Å². The number of nitro benzene ring substituents is 1. The molecule has 0 fully saturated rings. The number of nitrogens with zero attached hydrogens (tertiary/aromatic N) is 1. The van der Waals surface area contributed by atoms with Gasteiger partial charge in [-0.15, -0.1) is 0 Å². The van der Waals surface area contributed by atoms with E-state index in [-0.39, 0.29) is 11.5 Å². The zero-order chi connectivity index (χ0) is 15.4. The molecule has 0 aliphatic rings. The van der Waals surface area contributed by atoms with Crippen LogP contribution in [0.15, 0.2) is 12.1 Å². The Balaban J connectivity index is 3.65. The van der Waals surface area contributed by atoms with Gasteiger partial charge in [-0.05, 0) is 24.0 Å². The molecule has 0 saturated heterocycles. The van der Waals surface area contributed by atoms with Crippen LogP contribution in [0.3, 0.4) is 0 Å². The van der Waals surface area contributed by atoms with E-state index in [1.807, 2.05) is 6.26 Å². The van der Waals surface area contributed by atoms with Gasteiger partial charge < -0.3 is 11.5 Å². The lowest BCUT2D eigenvalue weighted by molar-refractivity contribution is -0.385. The minimum atomic E-state index is -1.04. The molecule has 0 saturated carbocycles. The Labute approximate surface area is 119 Å². The van der Waals surface area contributed by atoms with Crippen molar-refractivity contribution in [1.82, 2.24) is 0 Å². The molecule has 1 rings (SSSR count). The maximum absolute atomic E-state index is 11.5. The number of carbonyl (C=O) groups excluding carboxylic acids is 2. The van der Waals surface area contributed by atoms with E-state index in [4.69, 9.17) is 11.5 Å². The third kappa shape index (κ3) is 3.08. The van der Waals surface area contributed by atoms with Crippen molar-refractivity contribution in [3.05, 3.63) is 38.9 Å². The predicted octanol–water partition coefficient (Wildman–Crippen LogP) is 1.26. The van der Waals surface area contributed by atoms with Crippen molar-refractivity contribution in [2.75, 3.05) is 12.0 Å². The molecule has 0 aliphatic carbocycles. The van der Waals surface area contributed by atoms with E-state index >= 15 is 0 Å². The van der Waals surface area contributed by atoms with Crippen LogP contribution < -0.4 is 11.5 Å². The van der Waals surface area contributed by atoms with Gasteiger partial charge in [0.2, 0.25) is 5.91 Å². The number of nitro groups is 1. The molecule has 1 aromatic rings. The Bertz CT molecular complexity index is 574. The molecule has 2 amide bonds. The van der Waals surface area contributed by atoms with Crippen molar-refractivity contribution < 1.29 is 14.5 Å². The zero-order valence-corrected chi connectivity index (χ0v) is 11.9. The maximum Gasteiger partial charge on any atom is 0.286 e. The number of benzene rings is 1. The lowest BCUT2D eigenvalue weighted by atomic mass is 9.93. The fourth-order valence-electron chi connectivity index (χ4n) is 2.00. The van der Waals surface area contributed by atoms with Gasteiger partial charge in [0.15, 0.2) is 0 Å². The highest BCUT2D eigenvalue weighted by molar-refractivity contribution is 7.98. The van der Waals surface area contributed by atoms with Gasteiger partial charge in [-0.3, -0.25) is 19.7 Å². The van der Waals surface area contributed by atoms with Gasteiger partial charge in [-0.25, -0.2) is 0 Å². The Hall–Kier alpha value is -2.09. The standard InChI is InChI=1S/C12H15N3O4S/c1-6(5-20-2)7-3-4-8(11(13)16)9(12(14)17)10(7)15(18)19/h3-4,6H,5H2,1-2H3,(H2,13,16)(H2,14,17). The van der Waals surface area contributed by atoms with Gasteiger partial charge in [0.1, 0.15) is 5.56 Å². The molecule has 0 aromatic heterocycles. The first-order valence-corrected chi connectivity index (χ1v) is 7.10. The van der Waals surface area contributed by atoms with Gasteiger partial charge in [-0.1, -0.05) is 13.0 Å². The summed E-state index contributed by atoms with van der Waals surface area (Å²) >= 11 is 1.52. The summed E-state index contributed by atoms with van der Waals surface area (Å²) in [7, 11) is 0. The summed E-state index contributed by atoms with van der Waals surface area (Å²) in [4.78, 5) is 33.4. The second-order valence-corrected chi connectivity index (χ2v) is 5.18. The second-order valence-electron chi connectivity index (χ2n) is 4.27. The fourth-order valence-corrected chi connectivity index (χ4v) is 2.68. The highest BCUT2D eigenvalue weighted by Crippen LogP contribution is 2.33. The Morgan fingerprint density at radius 1 is 1.35 bits per heavy atom. The molecule has 0 bridgehead atoms. The van der Waals surface area contributed by atoms with Gasteiger partial charge in [-0.2, -0.15) is 11.8 Å². The summed E-state index contributed by atoms with van der Waals surface area (Å²) in [5.41, 5.74) is 9.58. The molecule has 0 heterocycles. The van der Waals surface area contributed by atoms with E-state index in [1.54, 1.807) is 6.92 Å². The van der Waals surface area contributed by atoms with Crippen LogP contribution in [-0.2, 0) is 0 Å². The van der Waals surface area contributed by atoms with Gasteiger partial charge in [0.25, 0.3) is 11.6 Å². The number of carbonyl (C=O) groups is 2. The van der Waals surface area contributed by atoms with Crippen LogP contribution in [-0.4, -0.2) is 28.7 Å². The summed E-state index contributed by atoms with van der Waals surface area (Å²) in [6.45, 7) is 1.80. The van der Waals surface area contributed by atoms with Crippen LogP contribution >= 0.6 is 11.8 Å². The first kappa shape index (κ1) is 16.0. The smallest absolute Gasteiger partial charge is 0.286 e. The second kappa shape index (κ2) is 6.38. The highest BCUT2D eigenvalue weighted by Gasteiger charge is 2.30. The summed E-state index contributed by atoms with van der Waals surface area (Å²) in [6.07, 6.45) is 1.87. The average molecular weight is 297 g/mol. The monoisotopic (exact) mass is 297 g/mol. The summed E-state index contributed by atoms with van der Waals surface area (Å²) in [5, 5.41) is 11.3. The van der Waals surface area contributed by atoms with Gasteiger partial charge >= 0.3 is 0 Å². The van der Waals surface area contributed by atoms with Crippen LogP contribution in [0.1, 0.15) is 39.1 Å². The molecule has 7 nitrogen and oxygen atoms in total. The lowest BCUT2D eigenvalue weighted by Crippen LogP contribution is -2.23. The van der Waals surface area contributed by atoms with E-state index in [1.165, 1.54) is 23.9 Å². The third-order valence-corrected chi connectivity index (χ3v) is 3.68. The maximum atomic E-state index is 11.5. The Kier molecular flexibility index (Phi) is 5.09. The van der Waals surface area contributed by atoms with Crippen LogP contribution in [0.25, 0.3) is 0 Å². The predicted molar refractivity (Wildman–Crippen MR) is 76.9 cm³/mol. The molecule has 0 radical (unpaired) electrons. The first-order valence-electron chi connectivity index (χ1n) is 5.71. The van der Waals surface area contributed by atoms with Crippen LogP contribution in [0.5, 0.6) is 0 Å². The molecule has 0 spiro atoms. The molecular formula is C12H15N3O4S. The minimum absolute atomic E-state index is 0.162. The van der Waals surface area contributed by atoms with Crippen molar-refractivity contribution >= 4 is 29.3 Å². The van der Waals surface area contributed by atoms with Gasteiger partial charge in [0, 0.05) is 5.56 Å². The normalized spacial score (nSPS) is 11.9. The SMILES string of the molecule is CSCC(C)c1ccc(C(N)=O)c(C(N)=O)c1[N+](=O)[O-]. The molecule has 108 valence electrons. The highest BCUT2D eigenvalue weighted by atomic mass is 32.2. The fraction of sp³-hybridized carbons (Fsp3) is 0.333. The van der Waals surface area contributed by atoms with E-state index in [0.29, 0.717) is 11.3 Å². The van der Waals surface area contributed by atoms with E-state index in [2.05, 4.69) is 0 Å². The minimum Gasteiger partial charge on any atom is -0.366 e.